The van der Waals surface area contributed by atoms with E-state index in [1.54, 1.807) is 23.8 Å². The molecule has 4 aromatic rings. The van der Waals surface area contributed by atoms with Gasteiger partial charge in [0.25, 0.3) is 5.56 Å². The van der Waals surface area contributed by atoms with Crippen LogP contribution in [-0.2, 0) is 0 Å². The number of anilines is 1. The smallest absolute Gasteiger partial charge is 0.285 e. The van der Waals surface area contributed by atoms with Crippen LogP contribution in [0.1, 0.15) is 12.8 Å². The number of hydrogen-bond donors (Lipinski definition) is 0. The molecule has 1 aliphatic heterocycles. The van der Waals surface area contributed by atoms with E-state index in [1.807, 2.05) is 72.8 Å². The summed E-state index contributed by atoms with van der Waals surface area (Å²) in [5, 5.41) is 9.43. The lowest BCUT2D eigenvalue weighted by Crippen LogP contribution is -2.29. The van der Waals surface area contributed by atoms with Crippen molar-refractivity contribution in [2.75, 3.05) is 25.1 Å². The molecule has 0 N–H and O–H groups in total. The van der Waals surface area contributed by atoms with Crippen molar-refractivity contribution >= 4 is 28.8 Å². The molecule has 5 rings (SSSR count). The third-order valence-electron chi connectivity index (χ3n) is 6.08. The highest BCUT2D eigenvalue weighted by Crippen LogP contribution is 2.35. The highest BCUT2D eigenvalue weighted by Gasteiger charge is 2.23. The van der Waals surface area contributed by atoms with Gasteiger partial charge in [-0.15, -0.1) is 5.11 Å². The van der Waals surface area contributed by atoms with Crippen LogP contribution in [-0.4, -0.2) is 24.8 Å². The number of aromatic nitrogens is 1. The standard InChI is InChI=1S/C28H25ClN4O2/c1-35-24-14-12-20(13-15-24)25-19-26(32-16-5-6-17-32)33(23-11-7-8-21(29)18-23)28(34)27(25)31-30-22-9-3-2-4-10-22/h2-4,7-15,18-19H,5-6,16-17H2,1H3. The number of azo groups is 1. The number of nitrogens with zero attached hydrogens (tertiary/aromatic N) is 4. The summed E-state index contributed by atoms with van der Waals surface area (Å²) in [6.45, 7) is 1.76. The third kappa shape index (κ3) is 4.84. The molecule has 3 aromatic carbocycles. The number of halogens is 1. The molecule has 7 heteroatoms. The Morgan fingerprint density at radius 1 is 0.857 bits per heavy atom. The fourth-order valence-electron chi connectivity index (χ4n) is 4.32. The highest BCUT2D eigenvalue weighted by atomic mass is 35.5. The molecule has 0 amide bonds. The van der Waals surface area contributed by atoms with Crippen LogP contribution < -0.4 is 15.2 Å². The van der Waals surface area contributed by atoms with Crippen LogP contribution in [0.2, 0.25) is 5.02 Å². The van der Waals surface area contributed by atoms with Crippen LogP contribution in [0.25, 0.3) is 16.8 Å². The van der Waals surface area contributed by atoms with Crippen molar-refractivity contribution in [3.05, 3.63) is 100 Å². The zero-order valence-corrected chi connectivity index (χ0v) is 20.2. The fraction of sp³-hybridized carbons (Fsp3) is 0.179. The van der Waals surface area contributed by atoms with E-state index < -0.39 is 0 Å². The maximum absolute atomic E-state index is 14.1. The van der Waals surface area contributed by atoms with Crippen LogP contribution in [0.4, 0.5) is 17.2 Å². The number of rotatable bonds is 6. The molecule has 1 aliphatic rings. The summed E-state index contributed by atoms with van der Waals surface area (Å²) in [7, 11) is 1.63. The second kappa shape index (κ2) is 10.2. The minimum Gasteiger partial charge on any atom is -0.497 e. The summed E-state index contributed by atoms with van der Waals surface area (Å²) in [5.74, 6) is 1.56. The van der Waals surface area contributed by atoms with Crippen LogP contribution in [0.5, 0.6) is 5.75 Å². The van der Waals surface area contributed by atoms with Crippen molar-refractivity contribution < 1.29 is 4.74 Å². The number of hydrogen-bond acceptors (Lipinski definition) is 5. The average molecular weight is 485 g/mol. The molecule has 2 heterocycles. The predicted molar refractivity (Wildman–Crippen MR) is 141 cm³/mol. The molecule has 6 nitrogen and oxygen atoms in total. The van der Waals surface area contributed by atoms with Crippen molar-refractivity contribution in [2.45, 2.75) is 12.8 Å². The van der Waals surface area contributed by atoms with E-state index in [2.05, 4.69) is 15.1 Å². The molecule has 1 saturated heterocycles. The van der Waals surface area contributed by atoms with Gasteiger partial charge < -0.3 is 9.64 Å². The van der Waals surface area contributed by atoms with E-state index in [0.717, 1.165) is 48.6 Å². The minimum absolute atomic E-state index is 0.248. The normalized spacial score (nSPS) is 13.5. The quantitative estimate of drug-likeness (QED) is 0.272. The van der Waals surface area contributed by atoms with Crippen molar-refractivity contribution in [3.8, 4) is 22.6 Å². The summed E-state index contributed by atoms with van der Waals surface area (Å²) >= 11 is 6.31. The van der Waals surface area contributed by atoms with Gasteiger partial charge >= 0.3 is 0 Å². The van der Waals surface area contributed by atoms with Crippen molar-refractivity contribution in [2.24, 2.45) is 10.2 Å². The van der Waals surface area contributed by atoms with Gasteiger partial charge in [0.05, 0.1) is 18.5 Å². The summed E-state index contributed by atoms with van der Waals surface area (Å²) in [4.78, 5) is 16.4. The number of benzene rings is 3. The monoisotopic (exact) mass is 484 g/mol. The maximum atomic E-state index is 14.1. The van der Waals surface area contributed by atoms with Gasteiger partial charge in [-0.25, -0.2) is 0 Å². The summed E-state index contributed by atoms with van der Waals surface area (Å²) in [6, 6.07) is 26.4. The molecular weight excluding hydrogens is 460 g/mol. The van der Waals surface area contributed by atoms with E-state index in [1.165, 1.54) is 0 Å². The molecule has 1 fully saturated rings. The molecule has 0 unspecified atom stereocenters. The summed E-state index contributed by atoms with van der Waals surface area (Å²) in [6.07, 6.45) is 2.16. The molecule has 0 spiro atoms. The molecule has 0 radical (unpaired) electrons. The Bertz CT molecular complexity index is 1410. The average Bonchev–Trinajstić information content (AvgIpc) is 3.43. The van der Waals surface area contributed by atoms with Gasteiger partial charge in [-0.3, -0.25) is 9.36 Å². The number of pyridine rings is 1. The lowest BCUT2D eigenvalue weighted by atomic mass is 10.0. The van der Waals surface area contributed by atoms with E-state index in [0.29, 0.717) is 16.4 Å². The van der Waals surface area contributed by atoms with Gasteiger partial charge in [0.15, 0.2) is 5.69 Å². The Hall–Kier alpha value is -3.90. The Balaban J connectivity index is 1.77. The first-order valence-electron chi connectivity index (χ1n) is 11.6. The van der Waals surface area contributed by atoms with Crippen molar-refractivity contribution in [1.29, 1.82) is 0 Å². The topological polar surface area (TPSA) is 59.2 Å². The molecule has 35 heavy (non-hydrogen) atoms. The minimum atomic E-state index is -0.248. The van der Waals surface area contributed by atoms with Gasteiger partial charge in [0.2, 0.25) is 0 Å². The van der Waals surface area contributed by atoms with Gasteiger partial charge in [-0.05, 0) is 66.9 Å². The molecule has 1 aromatic heterocycles. The van der Waals surface area contributed by atoms with Gasteiger partial charge in [-0.1, -0.05) is 48.0 Å². The van der Waals surface area contributed by atoms with Crippen LogP contribution >= 0.6 is 11.6 Å². The molecule has 0 bridgehead atoms. The largest absolute Gasteiger partial charge is 0.497 e. The fourth-order valence-corrected chi connectivity index (χ4v) is 4.51. The zero-order chi connectivity index (χ0) is 24.2. The Kier molecular flexibility index (Phi) is 6.64. The zero-order valence-electron chi connectivity index (χ0n) is 19.4. The predicted octanol–water partition coefficient (Wildman–Crippen LogP) is 7.18. The first-order chi connectivity index (χ1) is 17.1. The molecule has 0 saturated carbocycles. The van der Waals surface area contributed by atoms with E-state index in [4.69, 9.17) is 16.3 Å². The molecule has 0 aliphatic carbocycles. The number of methoxy groups -OCH3 is 1. The third-order valence-corrected chi connectivity index (χ3v) is 6.32. The Morgan fingerprint density at radius 2 is 1.60 bits per heavy atom. The van der Waals surface area contributed by atoms with E-state index in [9.17, 15) is 4.79 Å². The first kappa shape index (κ1) is 22.9. The molecule has 176 valence electrons. The Morgan fingerprint density at radius 3 is 2.29 bits per heavy atom. The van der Waals surface area contributed by atoms with Gasteiger partial charge in [0, 0.05) is 23.7 Å². The highest BCUT2D eigenvalue weighted by molar-refractivity contribution is 6.30. The van der Waals surface area contributed by atoms with Crippen LogP contribution in [0, 0.1) is 0 Å². The lowest BCUT2D eigenvalue weighted by molar-refractivity contribution is 0.415. The van der Waals surface area contributed by atoms with Crippen molar-refractivity contribution in [1.82, 2.24) is 4.57 Å². The van der Waals surface area contributed by atoms with Crippen LogP contribution in [0.3, 0.4) is 0 Å². The number of ether oxygens (including phenoxy) is 1. The molecule has 0 atom stereocenters. The van der Waals surface area contributed by atoms with E-state index in [-0.39, 0.29) is 11.2 Å². The molecular formula is C28H25ClN4O2. The summed E-state index contributed by atoms with van der Waals surface area (Å²) in [5.41, 5.74) is 2.97. The lowest BCUT2D eigenvalue weighted by Gasteiger charge is -2.24. The second-order valence-electron chi connectivity index (χ2n) is 8.34. The van der Waals surface area contributed by atoms with Gasteiger partial charge in [0.1, 0.15) is 11.6 Å². The van der Waals surface area contributed by atoms with Crippen LogP contribution in [0.15, 0.2) is 100.0 Å². The SMILES string of the molecule is COc1ccc(-c2cc(N3CCCC3)n(-c3cccc(Cl)c3)c(=O)c2N=Nc2ccccc2)cc1. The first-order valence-corrected chi connectivity index (χ1v) is 11.9. The maximum Gasteiger partial charge on any atom is 0.285 e. The van der Waals surface area contributed by atoms with E-state index >= 15 is 0 Å². The van der Waals surface area contributed by atoms with Gasteiger partial charge in [-0.2, -0.15) is 5.11 Å². The summed E-state index contributed by atoms with van der Waals surface area (Å²) < 4.78 is 7.03. The van der Waals surface area contributed by atoms with Crippen molar-refractivity contribution in [3.63, 3.8) is 0 Å². The second-order valence-corrected chi connectivity index (χ2v) is 8.78. The Labute approximate surface area is 209 Å².